The predicted octanol–water partition coefficient (Wildman–Crippen LogP) is 2.64. The highest BCUT2D eigenvalue weighted by atomic mass is 15.1. The molecule has 1 rings (SSSR count). The largest absolute Gasteiger partial charge is 0.375 e. The number of piperidine rings is 1. The first-order valence-corrected chi connectivity index (χ1v) is 4.65. The number of likely N-dealkylation sites (tertiary alicyclic amines) is 1. The van der Waals surface area contributed by atoms with Crippen molar-refractivity contribution in [3.63, 3.8) is 0 Å². The minimum absolute atomic E-state index is 0.619. The second kappa shape index (κ2) is 3.80. The molecular weight excluding hydrogens is 134 g/mol. The summed E-state index contributed by atoms with van der Waals surface area (Å²) in [4.78, 5) is 2.44. The standard InChI is InChI=1S/C10H19N/c1-9(2)10(3)11-7-5-4-6-8-11/h9H,3-8H2,1-2H3. The third-order valence-electron chi connectivity index (χ3n) is 2.43. The summed E-state index contributed by atoms with van der Waals surface area (Å²) in [6, 6.07) is 0. The van der Waals surface area contributed by atoms with Crippen LogP contribution >= 0.6 is 0 Å². The van der Waals surface area contributed by atoms with Crippen LogP contribution in [0.3, 0.4) is 0 Å². The van der Waals surface area contributed by atoms with Crippen LogP contribution in [0.5, 0.6) is 0 Å². The summed E-state index contributed by atoms with van der Waals surface area (Å²) in [7, 11) is 0. The molecule has 0 bridgehead atoms. The Kier molecular flexibility index (Phi) is 2.98. The van der Waals surface area contributed by atoms with Gasteiger partial charge in [0.15, 0.2) is 0 Å². The molecule has 0 spiro atoms. The maximum absolute atomic E-state index is 4.10. The zero-order valence-corrected chi connectivity index (χ0v) is 7.77. The Morgan fingerprint density at radius 1 is 1.18 bits per heavy atom. The normalized spacial score (nSPS) is 19.0. The van der Waals surface area contributed by atoms with E-state index in [-0.39, 0.29) is 0 Å². The lowest BCUT2D eigenvalue weighted by atomic mass is 10.1. The molecule has 1 aliphatic rings. The van der Waals surface area contributed by atoms with Gasteiger partial charge in [-0.05, 0) is 25.2 Å². The average molecular weight is 153 g/mol. The lowest BCUT2D eigenvalue weighted by Crippen LogP contribution is -2.30. The van der Waals surface area contributed by atoms with Crippen molar-refractivity contribution >= 4 is 0 Å². The zero-order chi connectivity index (χ0) is 8.27. The van der Waals surface area contributed by atoms with Gasteiger partial charge in [-0.25, -0.2) is 0 Å². The van der Waals surface area contributed by atoms with Crippen LogP contribution in [-0.4, -0.2) is 18.0 Å². The maximum atomic E-state index is 4.10. The minimum Gasteiger partial charge on any atom is -0.375 e. The first-order valence-electron chi connectivity index (χ1n) is 4.65. The smallest absolute Gasteiger partial charge is 0.0174 e. The van der Waals surface area contributed by atoms with Crippen molar-refractivity contribution in [3.8, 4) is 0 Å². The summed E-state index contributed by atoms with van der Waals surface area (Å²) in [5.41, 5.74) is 1.32. The van der Waals surface area contributed by atoms with Crippen molar-refractivity contribution in [2.75, 3.05) is 13.1 Å². The van der Waals surface area contributed by atoms with E-state index in [1.165, 1.54) is 38.0 Å². The molecule has 0 atom stereocenters. The molecule has 1 fully saturated rings. The van der Waals surface area contributed by atoms with E-state index in [0.717, 1.165) is 0 Å². The molecule has 1 nitrogen and oxygen atoms in total. The van der Waals surface area contributed by atoms with Crippen LogP contribution in [0.15, 0.2) is 12.3 Å². The third kappa shape index (κ3) is 2.25. The van der Waals surface area contributed by atoms with Gasteiger partial charge in [0.05, 0.1) is 0 Å². The second-order valence-corrected chi connectivity index (χ2v) is 3.69. The van der Waals surface area contributed by atoms with Gasteiger partial charge in [-0.15, -0.1) is 0 Å². The van der Waals surface area contributed by atoms with E-state index < -0.39 is 0 Å². The van der Waals surface area contributed by atoms with Crippen molar-refractivity contribution in [1.29, 1.82) is 0 Å². The topological polar surface area (TPSA) is 3.24 Å². The molecule has 1 saturated heterocycles. The highest BCUT2D eigenvalue weighted by molar-refractivity contribution is 4.97. The van der Waals surface area contributed by atoms with Gasteiger partial charge in [0.1, 0.15) is 0 Å². The fourth-order valence-corrected chi connectivity index (χ4v) is 1.55. The second-order valence-electron chi connectivity index (χ2n) is 3.69. The molecule has 0 aromatic heterocycles. The Balaban J connectivity index is 2.39. The molecule has 0 amide bonds. The molecule has 0 aliphatic carbocycles. The van der Waals surface area contributed by atoms with Crippen LogP contribution in [0.4, 0.5) is 0 Å². The van der Waals surface area contributed by atoms with Crippen molar-refractivity contribution in [3.05, 3.63) is 12.3 Å². The van der Waals surface area contributed by atoms with Crippen LogP contribution < -0.4 is 0 Å². The Morgan fingerprint density at radius 3 is 2.18 bits per heavy atom. The number of nitrogens with zero attached hydrogens (tertiary/aromatic N) is 1. The van der Waals surface area contributed by atoms with Crippen molar-refractivity contribution in [2.24, 2.45) is 5.92 Å². The van der Waals surface area contributed by atoms with E-state index in [4.69, 9.17) is 0 Å². The summed E-state index contributed by atoms with van der Waals surface area (Å²) in [5.74, 6) is 0.619. The van der Waals surface area contributed by atoms with Gasteiger partial charge < -0.3 is 4.90 Å². The summed E-state index contributed by atoms with van der Waals surface area (Å²) in [6.45, 7) is 11.0. The highest BCUT2D eigenvalue weighted by Crippen LogP contribution is 2.18. The van der Waals surface area contributed by atoms with Crippen LogP contribution in [0.2, 0.25) is 0 Å². The van der Waals surface area contributed by atoms with Gasteiger partial charge >= 0.3 is 0 Å². The number of hydrogen-bond acceptors (Lipinski definition) is 1. The van der Waals surface area contributed by atoms with Crippen molar-refractivity contribution in [2.45, 2.75) is 33.1 Å². The quantitative estimate of drug-likeness (QED) is 0.589. The minimum atomic E-state index is 0.619. The predicted molar refractivity (Wildman–Crippen MR) is 49.4 cm³/mol. The van der Waals surface area contributed by atoms with E-state index in [1.807, 2.05) is 0 Å². The van der Waals surface area contributed by atoms with Crippen LogP contribution in [0, 0.1) is 5.92 Å². The molecule has 0 unspecified atom stereocenters. The molecule has 0 radical (unpaired) electrons. The molecule has 0 aromatic carbocycles. The Morgan fingerprint density at radius 2 is 1.73 bits per heavy atom. The van der Waals surface area contributed by atoms with E-state index in [1.54, 1.807) is 0 Å². The highest BCUT2D eigenvalue weighted by Gasteiger charge is 2.13. The number of rotatable bonds is 2. The van der Waals surface area contributed by atoms with Gasteiger partial charge in [0.2, 0.25) is 0 Å². The van der Waals surface area contributed by atoms with Gasteiger partial charge in [-0.2, -0.15) is 0 Å². The molecule has 1 heteroatoms. The van der Waals surface area contributed by atoms with Crippen molar-refractivity contribution in [1.82, 2.24) is 4.90 Å². The Hall–Kier alpha value is -0.460. The lowest BCUT2D eigenvalue weighted by molar-refractivity contribution is 0.264. The van der Waals surface area contributed by atoms with Crippen LogP contribution in [-0.2, 0) is 0 Å². The lowest BCUT2D eigenvalue weighted by Gasteiger charge is -2.32. The van der Waals surface area contributed by atoms with E-state index in [2.05, 4.69) is 25.3 Å². The molecule has 0 aromatic rings. The van der Waals surface area contributed by atoms with Gasteiger partial charge in [-0.3, -0.25) is 0 Å². The number of allylic oxidation sites excluding steroid dienone is 1. The maximum Gasteiger partial charge on any atom is 0.0174 e. The van der Waals surface area contributed by atoms with Crippen LogP contribution in [0.1, 0.15) is 33.1 Å². The molecule has 1 aliphatic heterocycles. The van der Waals surface area contributed by atoms with Gasteiger partial charge in [0, 0.05) is 18.8 Å². The first kappa shape index (κ1) is 8.63. The molecule has 11 heavy (non-hydrogen) atoms. The molecule has 0 N–H and O–H groups in total. The summed E-state index contributed by atoms with van der Waals surface area (Å²) in [5, 5.41) is 0. The summed E-state index contributed by atoms with van der Waals surface area (Å²) >= 11 is 0. The Bertz CT molecular complexity index is 132. The Labute approximate surface area is 70.1 Å². The van der Waals surface area contributed by atoms with E-state index in [0.29, 0.717) is 5.92 Å². The molecule has 64 valence electrons. The zero-order valence-electron chi connectivity index (χ0n) is 7.77. The van der Waals surface area contributed by atoms with E-state index in [9.17, 15) is 0 Å². The molecule has 1 heterocycles. The molecule has 0 saturated carbocycles. The first-order chi connectivity index (χ1) is 5.22. The van der Waals surface area contributed by atoms with Crippen LogP contribution in [0.25, 0.3) is 0 Å². The fourth-order valence-electron chi connectivity index (χ4n) is 1.55. The molecular formula is C10H19N. The summed E-state index contributed by atoms with van der Waals surface area (Å²) in [6.07, 6.45) is 4.11. The van der Waals surface area contributed by atoms with E-state index >= 15 is 0 Å². The van der Waals surface area contributed by atoms with Gasteiger partial charge in [-0.1, -0.05) is 20.4 Å². The number of hydrogen-bond donors (Lipinski definition) is 0. The van der Waals surface area contributed by atoms with Gasteiger partial charge in [0.25, 0.3) is 0 Å². The van der Waals surface area contributed by atoms with Crippen molar-refractivity contribution < 1.29 is 0 Å². The monoisotopic (exact) mass is 153 g/mol. The third-order valence-corrected chi connectivity index (χ3v) is 2.43. The fraction of sp³-hybridized carbons (Fsp3) is 0.800. The summed E-state index contributed by atoms with van der Waals surface area (Å²) < 4.78 is 0. The SMILES string of the molecule is C=C(C(C)C)N1CCCCC1. The average Bonchev–Trinajstić information content (AvgIpc) is 2.05.